The Morgan fingerprint density at radius 3 is 2.68 bits per heavy atom. The first kappa shape index (κ1) is 15.9. The molecule has 6 nitrogen and oxygen atoms in total. The van der Waals surface area contributed by atoms with Gasteiger partial charge in [-0.3, -0.25) is 10.1 Å². The fourth-order valence-corrected chi connectivity index (χ4v) is 2.05. The van der Waals surface area contributed by atoms with E-state index in [1.165, 1.54) is 13.0 Å². The summed E-state index contributed by atoms with van der Waals surface area (Å²) in [6.07, 6.45) is 0.279. The van der Waals surface area contributed by atoms with Gasteiger partial charge < -0.3 is 14.9 Å². The Labute approximate surface area is 119 Å². The molecule has 0 unspecified atom stereocenters. The maximum atomic E-state index is 11.0. The van der Waals surface area contributed by atoms with Gasteiger partial charge in [0.2, 0.25) is 5.75 Å². The minimum absolute atomic E-state index is 0.0506. The van der Waals surface area contributed by atoms with Crippen LogP contribution in [0.5, 0.6) is 5.75 Å². The van der Waals surface area contributed by atoms with Crippen molar-refractivity contribution in [2.75, 3.05) is 13.2 Å². The van der Waals surface area contributed by atoms with Crippen LogP contribution in [0.3, 0.4) is 0 Å². The van der Waals surface area contributed by atoms with Crippen molar-refractivity contribution < 1.29 is 19.9 Å². The van der Waals surface area contributed by atoms with Crippen molar-refractivity contribution in [2.24, 2.45) is 0 Å². The van der Waals surface area contributed by atoms with Crippen molar-refractivity contribution >= 4 is 21.6 Å². The van der Waals surface area contributed by atoms with Crippen LogP contribution in [0, 0.1) is 10.1 Å². The van der Waals surface area contributed by atoms with E-state index in [-0.39, 0.29) is 24.7 Å². The number of rotatable bonds is 7. The molecule has 0 aliphatic heterocycles. The zero-order valence-corrected chi connectivity index (χ0v) is 12.1. The number of unbranched alkanes of at least 4 members (excludes halogenated alkanes) is 1. The Hall–Kier alpha value is -1.18. The van der Waals surface area contributed by atoms with Gasteiger partial charge in [0.1, 0.15) is 0 Å². The predicted octanol–water partition coefficient (Wildman–Crippen LogP) is 2.56. The molecule has 0 aromatic heterocycles. The molecule has 0 heterocycles. The number of hydrogen-bond acceptors (Lipinski definition) is 5. The topological polar surface area (TPSA) is 92.8 Å². The van der Waals surface area contributed by atoms with Gasteiger partial charge in [0.15, 0.2) is 0 Å². The van der Waals surface area contributed by atoms with Gasteiger partial charge >= 0.3 is 5.69 Å². The Morgan fingerprint density at radius 1 is 1.47 bits per heavy atom. The van der Waals surface area contributed by atoms with Crippen LogP contribution < -0.4 is 4.74 Å². The van der Waals surface area contributed by atoms with Gasteiger partial charge in [-0.2, -0.15) is 0 Å². The van der Waals surface area contributed by atoms with Crippen LogP contribution in [0.15, 0.2) is 16.6 Å². The fraction of sp³-hybridized carbons (Fsp3) is 0.500. The molecule has 0 saturated heterocycles. The van der Waals surface area contributed by atoms with E-state index in [4.69, 9.17) is 9.84 Å². The second-order valence-electron chi connectivity index (χ2n) is 4.06. The lowest BCUT2D eigenvalue weighted by Gasteiger charge is -2.14. The molecule has 1 atom stereocenters. The first-order valence-corrected chi connectivity index (χ1v) is 6.66. The van der Waals surface area contributed by atoms with E-state index in [9.17, 15) is 15.2 Å². The monoisotopic (exact) mass is 333 g/mol. The van der Waals surface area contributed by atoms with E-state index in [1.54, 1.807) is 6.07 Å². The first-order chi connectivity index (χ1) is 8.97. The summed E-state index contributed by atoms with van der Waals surface area (Å²) >= 11 is 3.17. The second kappa shape index (κ2) is 7.42. The van der Waals surface area contributed by atoms with Crippen molar-refractivity contribution in [3.8, 4) is 5.75 Å². The van der Waals surface area contributed by atoms with Gasteiger partial charge in [-0.15, -0.1) is 0 Å². The van der Waals surface area contributed by atoms with Gasteiger partial charge in [-0.25, -0.2) is 0 Å². The SMILES string of the molecule is C[C@@H](O)c1cc(Br)cc([N+](=O)[O-])c1OCCCCO. The molecule has 1 aromatic rings. The smallest absolute Gasteiger partial charge is 0.312 e. The van der Waals surface area contributed by atoms with E-state index in [1.807, 2.05) is 0 Å². The van der Waals surface area contributed by atoms with Crippen LogP contribution in [0.1, 0.15) is 31.4 Å². The number of ether oxygens (including phenoxy) is 1. The fourth-order valence-electron chi connectivity index (χ4n) is 1.59. The zero-order chi connectivity index (χ0) is 14.4. The number of nitro groups is 1. The molecule has 0 amide bonds. The highest BCUT2D eigenvalue weighted by atomic mass is 79.9. The number of benzene rings is 1. The van der Waals surface area contributed by atoms with E-state index in [0.29, 0.717) is 22.9 Å². The summed E-state index contributed by atoms with van der Waals surface area (Å²) in [5.41, 5.74) is 0.180. The summed E-state index contributed by atoms with van der Waals surface area (Å²) < 4.78 is 5.93. The molecule has 2 N–H and O–H groups in total. The van der Waals surface area contributed by atoms with Gasteiger partial charge in [0.25, 0.3) is 0 Å². The average Bonchev–Trinajstić information content (AvgIpc) is 2.34. The molecule has 0 saturated carbocycles. The number of nitrogens with zero attached hydrogens (tertiary/aromatic N) is 1. The molecule has 0 aliphatic carbocycles. The quantitative estimate of drug-likeness (QED) is 0.454. The Kier molecular flexibility index (Phi) is 6.20. The van der Waals surface area contributed by atoms with Crippen molar-refractivity contribution in [1.82, 2.24) is 0 Å². The van der Waals surface area contributed by atoms with Crippen molar-refractivity contribution in [3.63, 3.8) is 0 Å². The van der Waals surface area contributed by atoms with Gasteiger partial charge in [0.05, 0.1) is 17.6 Å². The number of aliphatic hydroxyl groups is 2. The lowest BCUT2D eigenvalue weighted by molar-refractivity contribution is -0.386. The summed E-state index contributed by atoms with van der Waals surface area (Å²) in [5, 5.41) is 29.4. The van der Waals surface area contributed by atoms with Crippen molar-refractivity contribution in [1.29, 1.82) is 0 Å². The molecular formula is C12H16BrNO5. The van der Waals surface area contributed by atoms with Gasteiger partial charge in [0, 0.05) is 22.7 Å². The third kappa shape index (κ3) is 4.45. The number of halogens is 1. The number of hydrogen-bond donors (Lipinski definition) is 2. The summed E-state index contributed by atoms with van der Waals surface area (Å²) in [4.78, 5) is 10.5. The second-order valence-corrected chi connectivity index (χ2v) is 4.97. The molecule has 0 fully saturated rings. The first-order valence-electron chi connectivity index (χ1n) is 5.87. The molecule has 1 rings (SSSR count). The van der Waals surface area contributed by atoms with Crippen LogP contribution in [-0.2, 0) is 0 Å². The highest BCUT2D eigenvalue weighted by Gasteiger charge is 2.23. The molecular weight excluding hydrogens is 318 g/mol. The summed E-state index contributed by atoms with van der Waals surface area (Å²) in [6.45, 7) is 1.82. The Bertz CT molecular complexity index is 450. The Morgan fingerprint density at radius 2 is 2.16 bits per heavy atom. The highest BCUT2D eigenvalue weighted by Crippen LogP contribution is 2.37. The van der Waals surface area contributed by atoms with Crippen LogP contribution >= 0.6 is 15.9 Å². The molecule has 106 valence electrons. The van der Waals surface area contributed by atoms with Crippen molar-refractivity contribution in [2.45, 2.75) is 25.9 Å². The van der Waals surface area contributed by atoms with Gasteiger partial charge in [-0.1, -0.05) is 15.9 Å². The molecule has 0 spiro atoms. The van der Waals surface area contributed by atoms with E-state index < -0.39 is 11.0 Å². The summed E-state index contributed by atoms with van der Waals surface area (Å²) in [7, 11) is 0. The van der Waals surface area contributed by atoms with Crippen LogP contribution in [-0.4, -0.2) is 28.4 Å². The number of aliphatic hydroxyl groups excluding tert-OH is 2. The van der Waals surface area contributed by atoms with E-state index >= 15 is 0 Å². The molecule has 0 aliphatic rings. The molecule has 7 heteroatoms. The summed E-state index contributed by atoms with van der Waals surface area (Å²) in [6, 6.07) is 2.94. The third-order valence-corrected chi connectivity index (χ3v) is 2.97. The Balaban J connectivity index is 3.05. The van der Waals surface area contributed by atoms with E-state index in [2.05, 4.69) is 15.9 Å². The third-order valence-electron chi connectivity index (χ3n) is 2.51. The van der Waals surface area contributed by atoms with Crippen LogP contribution in [0.25, 0.3) is 0 Å². The summed E-state index contributed by atoms with van der Waals surface area (Å²) in [5.74, 6) is 0.0844. The lowest BCUT2D eigenvalue weighted by Crippen LogP contribution is -2.06. The maximum absolute atomic E-state index is 11.0. The van der Waals surface area contributed by atoms with Crippen LogP contribution in [0.2, 0.25) is 0 Å². The minimum atomic E-state index is -0.871. The van der Waals surface area contributed by atoms with Crippen LogP contribution in [0.4, 0.5) is 5.69 Å². The molecule has 0 bridgehead atoms. The maximum Gasteiger partial charge on any atom is 0.312 e. The standard InChI is InChI=1S/C12H16BrNO5/c1-8(16)10-6-9(13)7-11(14(17)18)12(10)19-5-3-2-4-15/h6-8,15-16H,2-5H2,1H3/t8-/m1/s1. The van der Waals surface area contributed by atoms with Gasteiger partial charge in [-0.05, 0) is 25.8 Å². The molecule has 0 radical (unpaired) electrons. The predicted molar refractivity (Wildman–Crippen MR) is 73.2 cm³/mol. The zero-order valence-electron chi connectivity index (χ0n) is 10.5. The lowest BCUT2D eigenvalue weighted by atomic mass is 10.1. The molecule has 1 aromatic carbocycles. The average molecular weight is 334 g/mol. The highest BCUT2D eigenvalue weighted by molar-refractivity contribution is 9.10. The van der Waals surface area contributed by atoms with E-state index in [0.717, 1.165) is 0 Å². The van der Waals surface area contributed by atoms with Crippen molar-refractivity contribution in [3.05, 3.63) is 32.3 Å². The number of nitro benzene ring substituents is 1. The normalized spacial score (nSPS) is 12.2. The minimum Gasteiger partial charge on any atom is -0.487 e. The largest absolute Gasteiger partial charge is 0.487 e. The molecule has 19 heavy (non-hydrogen) atoms.